The molecule has 94 valence electrons. The fraction of sp³-hybridized carbons (Fsp3) is 0.917. The second kappa shape index (κ2) is 7.13. The Morgan fingerprint density at radius 3 is 2.81 bits per heavy atom. The van der Waals surface area contributed by atoms with E-state index in [-0.39, 0.29) is 17.9 Å². The van der Waals surface area contributed by atoms with Crippen molar-refractivity contribution in [3.63, 3.8) is 0 Å². The first-order valence-corrected chi connectivity index (χ1v) is 6.57. The highest BCUT2D eigenvalue weighted by atomic mass is 35.5. The van der Waals surface area contributed by atoms with Crippen molar-refractivity contribution < 1.29 is 9.53 Å². The van der Waals surface area contributed by atoms with E-state index in [9.17, 15) is 4.79 Å². The number of amides is 1. The summed E-state index contributed by atoms with van der Waals surface area (Å²) in [4.78, 5) is 12.0. The molecule has 3 unspecified atom stereocenters. The summed E-state index contributed by atoms with van der Waals surface area (Å²) in [6, 6.07) is 0.0581. The van der Waals surface area contributed by atoms with E-state index >= 15 is 0 Å². The minimum absolute atomic E-state index is 0.0581. The molecule has 1 rings (SSSR count). The van der Waals surface area contributed by atoms with Crippen molar-refractivity contribution >= 4 is 17.5 Å². The van der Waals surface area contributed by atoms with Gasteiger partial charge in [0.15, 0.2) is 0 Å². The zero-order valence-electron chi connectivity index (χ0n) is 10.2. The first kappa shape index (κ1) is 13.8. The molecule has 3 atom stereocenters. The molecular formula is C12H22ClNO2. The minimum atomic E-state index is 0.0581. The quantitative estimate of drug-likeness (QED) is 0.731. The van der Waals surface area contributed by atoms with Gasteiger partial charge in [0.2, 0.25) is 5.91 Å². The van der Waals surface area contributed by atoms with E-state index in [4.69, 9.17) is 16.3 Å². The molecule has 0 bridgehead atoms. The lowest BCUT2D eigenvalue weighted by Gasteiger charge is -2.21. The van der Waals surface area contributed by atoms with Crippen molar-refractivity contribution in [2.24, 2.45) is 11.8 Å². The summed E-state index contributed by atoms with van der Waals surface area (Å²) < 4.78 is 5.07. The fourth-order valence-corrected chi connectivity index (χ4v) is 2.64. The van der Waals surface area contributed by atoms with Gasteiger partial charge in [-0.2, -0.15) is 0 Å². The van der Waals surface area contributed by atoms with Crippen LogP contribution in [0.2, 0.25) is 0 Å². The van der Waals surface area contributed by atoms with Gasteiger partial charge in [-0.25, -0.2) is 0 Å². The number of hydrogen-bond acceptors (Lipinski definition) is 2. The van der Waals surface area contributed by atoms with Crippen LogP contribution in [0, 0.1) is 11.8 Å². The average Bonchev–Trinajstić information content (AvgIpc) is 2.65. The van der Waals surface area contributed by atoms with Gasteiger partial charge in [-0.05, 0) is 25.2 Å². The summed E-state index contributed by atoms with van der Waals surface area (Å²) in [5, 5.41) is 3.04. The van der Waals surface area contributed by atoms with Gasteiger partial charge in [0.05, 0.1) is 12.6 Å². The molecular weight excluding hydrogens is 226 g/mol. The van der Waals surface area contributed by atoms with Crippen LogP contribution < -0.4 is 5.32 Å². The molecule has 1 amide bonds. The van der Waals surface area contributed by atoms with E-state index < -0.39 is 0 Å². The zero-order chi connectivity index (χ0) is 12.0. The van der Waals surface area contributed by atoms with Gasteiger partial charge >= 0.3 is 0 Å². The van der Waals surface area contributed by atoms with Crippen LogP contribution in [0.15, 0.2) is 0 Å². The number of carbonyl (C=O) groups excluding carboxylic acids is 1. The van der Waals surface area contributed by atoms with Crippen molar-refractivity contribution in [1.29, 1.82) is 0 Å². The Hall–Kier alpha value is -0.280. The highest BCUT2D eigenvalue weighted by Gasteiger charge is 2.30. The molecule has 0 heterocycles. The van der Waals surface area contributed by atoms with E-state index in [1.807, 2.05) is 0 Å². The van der Waals surface area contributed by atoms with E-state index in [0.29, 0.717) is 18.4 Å². The Balaban J connectivity index is 2.40. The summed E-state index contributed by atoms with van der Waals surface area (Å²) in [5.74, 6) is 1.43. The number of hydrogen-bond donors (Lipinski definition) is 1. The summed E-state index contributed by atoms with van der Waals surface area (Å²) >= 11 is 5.70. The predicted octanol–water partition coefficient (Wildman–Crippen LogP) is 2.18. The van der Waals surface area contributed by atoms with E-state index in [2.05, 4.69) is 12.2 Å². The Kier molecular flexibility index (Phi) is 6.14. The van der Waals surface area contributed by atoms with E-state index in [0.717, 1.165) is 12.8 Å². The van der Waals surface area contributed by atoms with Gasteiger partial charge in [-0.1, -0.05) is 13.3 Å². The van der Waals surface area contributed by atoms with E-state index in [1.54, 1.807) is 7.11 Å². The van der Waals surface area contributed by atoms with Crippen LogP contribution in [-0.2, 0) is 9.53 Å². The fourth-order valence-electron chi connectivity index (χ4n) is 2.37. The van der Waals surface area contributed by atoms with Crippen LogP contribution in [0.1, 0.15) is 32.6 Å². The summed E-state index contributed by atoms with van der Waals surface area (Å²) in [6.07, 6.45) is 4.13. The van der Waals surface area contributed by atoms with Gasteiger partial charge < -0.3 is 10.1 Å². The smallest absolute Gasteiger partial charge is 0.223 e. The first-order valence-electron chi connectivity index (χ1n) is 6.04. The molecule has 0 aromatic heterocycles. The molecule has 1 N–H and O–H groups in total. The first-order chi connectivity index (χ1) is 7.69. The molecule has 1 saturated carbocycles. The van der Waals surface area contributed by atoms with Crippen LogP contribution in [-0.4, -0.2) is 31.5 Å². The van der Waals surface area contributed by atoms with Crippen molar-refractivity contribution in [1.82, 2.24) is 5.32 Å². The second-order valence-corrected chi connectivity index (χ2v) is 5.03. The third-order valence-electron chi connectivity index (χ3n) is 3.37. The number of ether oxygens (including phenoxy) is 1. The Morgan fingerprint density at radius 1 is 1.56 bits per heavy atom. The largest absolute Gasteiger partial charge is 0.383 e. The normalized spacial score (nSPS) is 26.7. The second-order valence-electron chi connectivity index (χ2n) is 4.65. The molecule has 4 heteroatoms. The third-order valence-corrected chi connectivity index (χ3v) is 3.59. The standard InChI is InChI=1S/C12H22ClNO2/c1-9-4-3-5-11(9)12(15)14-10(6-7-13)8-16-2/h9-11H,3-8H2,1-2H3,(H,14,15). The third kappa shape index (κ3) is 3.95. The number of carbonyl (C=O) groups is 1. The van der Waals surface area contributed by atoms with Crippen molar-refractivity contribution in [3.05, 3.63) is 0 Å². The molecule has 0 saturated heterocycles. The Bertz CT molecular complexity index is 217. The number of halogens is 1. The molecule has 1 aliphatic carbocycles. The SMILES string of the molecule is COCC(CCCl)NC(=O)C1CCCC1C. The van der Waals surface area contributed by atoms with Gasteiger partial charge in [0.25, 0.3) is 0 Å². The van der Waals surface area contributed by atoms with Crippen molar-refractivity contribution in [2.45, 2.75) is 38.6 Å². The van der Waals surface area contributed by atoms with Crippen molar-refractivity contribution in [2.75, 3.05) is 19.6 Å². The van der Waals surface area contributed by atoms with Gasteiger partial charge in [-0.3, -0.25) is 4.79 Å². The molecule has 0 aromatic carbocycles. The lowest BCUT2D eigenvalue weighted by molar-refractivity contribution is -0.127. The highest BCUT2D eigenvalue weighted by Crippen LogP contribution is 2.31. The maximum atomic E-state index is 12.0. The molecule has 0 aliphatic heterocycles. The molecule has 1 aliphatic rings. The average molecular weight is 248 g/mol. The molecule has 0 aromatic rings. The maximum absolute atomic E-state index is 12.0. The van der Waals surface area contributed by atoms with Gasteiger partial charge in [-0.15, -0.1) is 11.6 Å². The predicted molar refractivity (Wildman–Crippen MR) is 65.6 cm³/mol. The van der Waals surface area contributed by atoms with E-state index in [1.165, 1.54) is 12.8 Å². The maximum Gasteiger partial charge on any atom is 0.223 e. The van der Waals surface area contributed by atoms with Crippen LogP contribution in [0.25, 0.3) is 0 Å². The van der Waals surface area contributed by atoms with Crippen LogP contribution in [0.3, 0.4) is 0 Å². The molecule has 3 nitrogen and oxygen atoms in total. The Morgan fingerprint density at radius 2 is 2.31 bits per heavy atom. The zero-order valence-corrected chi connectivity index (χ0v) is 10.9. The van der Waals surface area contributed by atoms with Crippen molar-refractivity contribution in [3.8, 4) is 0 Å². The van der Waals surface area contributed by atoms with Crippen LogP contribution in [0.4, 0.5) is 0 Å². The van der Waals surface area contributed by atoms with Gasteiger partial charge in [0, 0.05) is 18.9 Å². The highest BCUT2D eigenvalue weighted by molar-refractivity contribution is 6.17. The Labute approximate surface area is 103 Å². The minimum Gasteiger partial charge on any atom is -0.383 e. The lowest BCUT2D eigenvalue weighted by Crippen LogP contribution is -2.42. The lowest BCUT2D eigenvalue weighted by atomic mass is 9.97. The molecule has 16 heavy (non-hydrogen) atoms. The summed E-state index contributed by atoms with van der Waals surface area (Å²) in [5.41, 5.74) is 0. The summed E-state index contributed by atoms with van der Waals surface area (Å²) in [6.45, 7) is 2.70. The number of nitrogens with one attached hydrogen (secondary N) is 1. The molecule has 0 radical (unpaired) electrons. The topological polar surface area (TPSA) is 38.3 Å². The van der Waals surface area contributed by atoms with Crippen LogP contribution >= 0.6 is 11.6 Å². The number of alkyl halides is 1. The van der Waals surface area contributed by atoms with Gasteiger partial charge in [0.1, 0.15) is 0 Å². The molecule has 1 fully saturated rings. The summed E-state index contributed by atoms with van der Waals surface area (Å²) in [7, 11) is 1.64. The van der Waals surface area contributed by atoms with Crippen LogP contribution in [0.5, 0.6) is 0 Å². The molecule has 0 spiro atoms. The number of methoxy groups -OCH3 is 1. The monoisotopic (exact) mass is 247 g/mol. The number of rotatable bonds is 6.